The first kappa shape index (κ1) is 69.2. The molecule has 534 valence electrons. The minimum Gasteiger partial charge on any atom is -0.256 e. The highest BCUT2D eigenvalue weighted by atomic mass is 14.8. The molecule has 19 aromatic rings. The topological polar surface area (TPSA) is 90.2 Å². The second kappa shape index (κ2) is 31.3. The van der Waals surface area contributed by atoms with Gasteiger partial charge in [-0.15, -0.1) is 0 Å². The lowest BCUT2D eigenvalue weighted by Crippen LogP contribution is -1.94. The fourth-order valence-electron chi connectivity index (χ4n) is 15.6. The van der Waals surface area contributed by atoms with Gasteiger partial charge in [0.15, 0.2) is 0 Å². The first-order valence-corrected chi connectivity index (χ1v) is 38.3. The van der Waals surface area contributed by atoms with Gasteiger partial charge in [-0.1, -0.05) is 309 Å². The van der Waals surface area contributed by atoms with Crippen molar-refractivity contribution in [2.45, 2.75) is 0 Å². The number of hydrogen-bond acceptors (Lipinski definition) is 7. The Bertz CT molecular complexity index is 5940. The fourth-order valence-corrected chi connectivity index (χ4v) is 15.6. The van der Waals surface area contributed by atoms with E-state index in [1.807, 2.05) is 79.6 Å². The van der Waals surface area contributed by atoms with Gasteiger partial charge in [0.1, 0.15) is 0 Å². The molecule has 7 aromatic heterocycles. The average molecular weight is 1450 g/mol. The van der Waals surface area contributed by atoms with Gasteiger partial charge in [0.25, 0.3) is 0 Å². The van der Waals surface area contributed by atoms with Crippen LogP contribution in [0.25, 0.3) is 201 Å². The standard InChI is InChI=1S/C107H71N7/c1-5-26-72(27-6-1)100-54-48-76(66-108-100)88-34-13-19-40-94(88)82-60-83(95-41-20-14-35-89(95)77-49-55-101(109-67-77)73-28-7-2-8-29-73)63-86(62-82)98-44-23-17-38-92(98)80-52-58-104(112-70-80)106-46-25-47-107(114-106)105-59-53-81(71-113-105)93-39-18-24-45-99(93)87-64-84(96-42-21-15-36-90(96)78-50-56-102(110-68-78)74-30-9-3-10-31-74)61-85(65-87)97-43-22-16-37-91(97)79-51-57-103(111-69-79)75-32-11-4-12-33-75/h1-71H. The van der Waals surface area contributed by atoms with Crippen LogP contribution in [0.5, 0.6) is 0 Å². The molecule has 0 aliphatic carbocycles. The molecule has 0 fully saturated rings. The van der Waals surface area contributed by atoms with E-state index in [-0.39, 0.29) is 0 Å². The fraction of sp³-hybridized carbons (Fsp3) is 0. The molecule has 0 saturated carbocycles. The largest absolute Gasteiger partial charge is 0.256 e. The van der Waals surface area contributed by atoms with Crippen LogP contribution in [0, 0.1) is 0 Å². The molecule has 0 saturated heterocycles. The van der Waals surface area contributed by atoms with E-state index in [4.69, 9.17) is 34.9 Å². The smallest absolute Gasteiger partial charge is 0.0894 e. The Morgan fingerprint density at radius 1 is 0.105 bits per heavy atom. The molecule has 0 unspecified atom stereocenters. The number of benzene rings is 12. The maximum atomic E-state index is 5.25. The predicted molar refractivity (Wildman–Crippen MR) is 469 cm³/mol. The lowest BCUT2D eigenvalue weighted by molar-refractivity contribution is 1.22. The Balaban J connectivity index is 0.643. The van der Waals surface area contributed by atoms with Crippen LogP contribution < -0.4 is 0 Å². The molecule has 0 aliphatic rings. The molecule has 0 radical (unpaired) electrons. The lowest BCUT2D eigenvalue weighted by atomic mass is 9.86. The van der Waals surface area contributed by atoms with Crippen molar-refractivity contribution in [1.29, 1.82) is 0 Å². The molecule has 0 N–H and O–H groups in total. The van der Waals surface area contributed by atoms with Crippen molar-refractivity contribution in [1.82, 2.24) is 34.9 Å². The third kappa shape index (κ3) is 14.3. The van der Waals surface area contributed by atoms with Crippen LogP contribution in [0.2, 0.25) is 0 Å². The second-order valence-electron chi connectivity index (χ2n) is 28.3. The third-order valence-electron chi connectivity index (χ3n) is 21.3. The van der Waals surface area contributed by atoms with Crippen LogP contribution >= 0.6 is 0 Å². The molecule has 0 atom stereocenters. The van der Waals surface area contributed by atoms with Crippen molar-refractivity contribution in [3.8, 4) is 201 Å². The molecule has 0 aliphatic heterocycles. The van der Waals surface area contributed by atoms with Crippen molar-refractivity contribution < 1.29 is 0 Å². The maximum Gasteiger partial charge on any atom is 0.0894 e. The summed E-state index contributed by atoms with van der Waals surface area (Å²) in [4.78, 5) is 35.6. The zero-order chi connectivity index (χ0) is 75.9. The Labute approximate surface area is 663 Å². The Morgan fingerprint density at radius 3 is 0.447 bits per heavy atom. The summed E-state index contributed by atoms with van der Waals surface area (Å²) in [6.07, 6.45) is 11.9. The molecule has 12 aromatic carbocycles. The van der Waals surface area contributed by atoms with Crippen LogP contribution in [0.1, 0.15) is 0 Å². The van der Waals surface area contributed by atoms with Crippen molar-refractivity contribution in [3.63, 3.8) is 0 Å². The summed E-state index contributed by atoms with van der Waals surface area (Å²) in [6, 6.07) is 139. The van der Waals surface area contributed by atoms with Gasteiger partial charge in [-0.05, 0) is 185 Å². The Hall–Kier alpha value is -15.3. The van der Waals surface area contributed by atoms with E-state index in [2.05, 4.69) is 352 Å². The number of aromatic nitrogens is 7. The third-order valence-corrected chi connectivity index (χ3v) is 21.3. The summed E-state index contributed by atoms with van der Waals surface area (Å²) in [5.41, 5.74) is 36.6. The van der Waals surface area contributed by atoms with Crippen LogP contribution in [0.3, 0.4) is 0 Å². The van der Waals surface area contributed by atoms with E-state index < -0.39 is 0 Å². The van der Waals surface area contributed by atoms with Gasteiger partial charge in [-0.3, -0.25) is 29.9 Å². The summed E-state index contributed by atoms with van der Waals surface area (Å²) < 4.78 is 0. The highest BCUT2D eigenvalue weighted by molar-refractivity contribution is 5.97. The number of rotatable bonds is 18. The molecule has 0 amide bonds. The monoisotopic (exact) mass is 1450 g/mol. The van der Waals surface area contributed by atoms with Gasteiger partial charge in [-0.2, -0.15) is 0 Å². The van der Waals surface area contributed by atoms with Gasteiger partial charge in [0, 0.05) is 92.8 Å². The van der Waals surface area contributed by atoms with Gasteiger partial charge < -0.3 is 0 Å². The van der Waals surface area contributed by atoms with Crippen LogP contribution in [0.15, 0.2) is 431 Å². The summed E-state index contributed by atoms with van der Waals surface area (Å²) in [6.45, 7) is 0. The van der Waals surface area contributed by atoms with E-state index in [1.165, 1.54) is 0 Å². The molecule has 114 heavy (non-hydrogen) atoms. The van der Waals surface area contributed by atoms with E-state index in [9.17, 15) is 0 Å². The van der Waals surface area contributed by atoms with E-state index >= 15 is 0 Å². The first-order chi connectivity index (χ1) is 56.5. The molecule has 7 heteroatoms. The molecule has 7 heterocycles. The number of hydrogen-bond donors (Lipinski definition) is 0. The van der Waals surface area contributed by atoms with Crippen molar-refractivity contribution in [2.75, 3.05) is 0 Å². The van der Waals surface area contributed by atoms with Crippen LogP contribution in [-0.2, 0) is 0 Å². The van der Waals surface area contributed by atoms with E-state index in [0.29, 0.717) is 0 Å². The van der Waals surface area contributed by atoms with Crippen molar-refractivity contribution in [3.05, 3.63) is 431 Å². The number of pyridine rings is 7. The molecular formula is C107H71N7. The summed E-state index contributed by atoms with van der Waals surface area (Å²) in [7, 11) is 0. The van der Waals surface area contributed by atoms with Gasteiger partial charge in [-0.25, -0.2) is 4.98 Å². The summed E-state index contributed by atoms with van der Waals surface area (Å²) in [5.74, 6) is 0. The SMILES string of the molecule is c1ccc(-c2ccc(-c3ccccc3-c3cc(-c4ccccc4-c4ccc(-c5ccccc5)nc4)cc(-c4ccccc4-c4ccc(-c5cccc(-c6ccc(-c7ccccc7-c7cc(-c8ccccc8-c8ccc(-c9ccccc9)nc8)cc(-c8ccccc8-c8ccc(-c9ccccc9)nc8)c7)cn6)n5)nc4)c3)cn2)cc1. The van der Waals surface area contributed by atoms with E-state index in [1.54, 1.807) is 0 Å². The van der Waals surface area contributed by atoms with Crippen LogP contribution in [0.4, 0.5) is 0 Å². The maximum absolute atomic E-state index is 5.25. The van der Waals surface area contributed by atoms with Gasteiger partial charge in [0.2, 0.25) is 0 Å². The average Bonchev–Trinajstić information content (AvgIpc) is 0.764. The highest BCUT2D eigenvalue weighted by Crippen LogP contribution is 2.46. The van der Waals surface area contributed by atoms with Gasteiger partial charge >= 0.3 is 0 Å². The zero-order valence-electron chi connectivity index (χ0n) is 62.1. The lowest BCUT2D eigenvalue weighted by Gasteiger charge is -2.18. The van der Waals surface area contributed by atoms with Crippen molar-refractivity contribution >= 4 is 0 Å². The van der Waals surface area contributed by atoms with Crippen molar-refractivity contribution in [2.24, 2.45) is 0 Å². The summed E-state index contributed by atoms with van der Waals surface area (Å²) in [5, 5.41) is 0. The molecule has 0 bridgehead atoms. The predicted octanol–water partition coefficient (Wildman–Crippen LogP) is 27.5. The second-order valence-corrected chi connectivity index (χ2v) is 28.3. The first-order valence-electron chi connectivity index (χ1n) is 38.3. The minimum atomic E-state index is 0.743. The zero-order valence-corrected chi connectivity index (χ0v) is 62.1. The molecule has 7 nitrogen and oxygen atoms in total. The Kier molecular flexibility index (Phi) is 19.0. The molecular weight excluding hydrogens is 1380 g/mol. The molecule has 19 rings (SSSR count). The molecule has 0 spiro atoms. The van der Waals surface area contributed by atoms with E-state index in [0.717, 1.165) is 201 Å². The van der Waals surface area contributed by atoms with Gasteiger partial charge in [0.05, 0.1) is 45.6 Å². The normalized spacial score (nSPS) is 11.2. The summed E-state index contributed by atoms with van der Waals surface area (Å²) >= 11 is 0. The Morgan fingerprint density at radius 2 is 0.272 bits per heavy atom. The highest BCUT2D eigenvalue weighted by Gasteiger charge is 2.21. The van der Waals surface area contributed by atoms with Crippen LogP contribution in [-0.4, -0.2) is 34.9 Å². The number of nitrogens with zero attached hydrogens (tertiary/aromatic N) is 7. The minimum absolute atomic E-state index is 0.743. The quantitative estimate of drug-likeness (QED) is 0.0845.